The number of para-hydroxylation sites is 1. The van der Waals surface area contributed by atoms with E-state index in [1.807, 2.05) is 0 Å². The molecule has 1 heterocycles. The van der Waals surface area contributed by atoms with Gasteiger partial charge in [0.05, 0.1) is 5.56 Å². The Labute approximate surface area is 122 Å². The Morgan fingerprint density at radius 2 is 1.77 bits per heavy atom. The molecular formula is C15H12F5NO. The quantitative estimate of drug-likeness (QED) is 0.787. The van der Waals surface area contributed by atoms with E-state index >= 15 is 0 Å². The van der Waals surface area contributed by atoms with E-state index < -0.39 is 35.8 Å². The molecule has 1 aliphatic rings. The summed E-state index contributed by atoms with van der Waals surface area (Å²) in [5.41, 5.74) is -1.41. The molecule has 1 aliphatic carbocycles. The van der Waals surface area contributed by atoms with Crippen LogP contribution in [0.4, 0.5) is 22.0 Å². The first kappa shape index (κ1) is 15.0. The van der Waals surface area contributed by atoms with E-state index in [2.05, 4.69) is 0 Å². The van der Waals surface area contributed by atoms with Crippen molar-refractivity contribution in [2.45, 2.75) is 31.0 Å². The molecule has 1 unspecified atom stereocenters. The molecule has 0 saturated heterocycles. The normalized spacial score (nSPS) is 20.7. The molecule has 0 spiro atoms. The molecule has 0 fully saturated rings. The Bertz CT molecular complexity index is 690. The van der Waals surface area contributed by atoms with Gasteiger partial charge in [-0.05, 0) is 18.6 Å². The van der Waals surface area contributed by atoms with Gasteiger partial charge >= 0.3 is 6.18 Å². The fourth-order valence-corrected chi connectivity index (χ4v) is 2.80. The van der Waals surface area contributed by atoms with E-state index in [9.17, 15) is 27.1 Å². The standard InChI is InChI=1S/C15H12F5NO/c16-14(17)7-6-11-12(13(14)22)10(15(18,19)20)8-21(11)9-4-2-1-3-5-9/h1-5,8,13,22H,6-7H2. The third kappa shape index (κ3) is 2.29. The number of halogens is 5. The third-order valence-corrected chi connectivity index (χ3v) is 3.86. The van der Waals surface area contributed by atoms with E-state index in [0.717, 1.165) is 6.20 Å². The van der Waals surface area contributed by atoms with Crippen LogP contribution in [0.25, 0.3) is 5.69 Å². The lowest BCUT2D eigenvalue weighted by Gasteiger charge is -2.29. The number of aliphatic hydroxyl groups is 1. The van der Waals surface area contributed by atoms with Crippen LogP contribution in [0.15, 0.2) is 36.5 Å². The second kappa shape index (κ2) is 4.81. The van der Waals surface area contributed by atoms with E-state index in [4.69, 9.17) is 0 Å². The molecule has 1 N–H and O–H groups in total. The highest BCUT2D eigenvalue weighted by molar-refractivity contribution is 5.46. The number of rotatable bonds is 1. The predicted molar refractivity (Wildman–Crippen MR) is 69.0 cm³/mol. The van der Waals surface area contributed by atoms with Gasteiger partial charge in [-0.1, -0.05) is 18.2 Å². The number of alkyl halides is 5. The molecule has 0 saturated carbocycles. The van der Waals surface area contributed by atoms with Gasteiger partial charge in [-0.25, -0.2) is 8.78 Å². The highest BCUT2D eigenvalue weighted by atomic mass is 19.4. The van der Waals surface area contributed by atoms with Crippen LogP contribution in [0.3, 0.4) is 0 Å². The van der Waals surface area contributed by atoms with Crippen molar-refractivity contribution in [2.75, 3.05) is 0 Å². The molecule has 2 nitrogen and oxygen atoms in total. The van der Waals surface area contributed by atoms with Crippen molar-refractivity contribution in [2.24, 2.45) is 0 Å². The van der Waals surface area contributed by atoms with E-state index in [1.165, 1.54) is 4.57 Å². The Hall–Kier alpha value is -1.89. The van der Waals surface area contributed by atoms with Crippen molar-refractivity contribution in [1.82, 2.24) is 4.57 Å². The average Bonchev–Trinajstić information content (AvgIpc) is 2.84. The van der Waals surface area contributed by atoms with Crippen molar-refractivity contribution >= 4 is 0 Å². The smallest absolute Gasteiger partial charge is 0.382 e. The van der Waals surface area contributed by atoms with Crippen LogP contribution in [0.5, 0.6) is 0 Å². The molecule has 3 rings (SSSR count). The molecule has 7 heteroatoms. The highest BCUT2D eigenvalue weighted by Gasteiger charge is 2.50. The summed E-state index contributed by atoms with van der Waals surface area (Å²) >= 11 is 0. The number of hydrogen-bond acceptors (Lipinski definition) is 1. The van der Waals surface area contributed by atoms with Gasteiger partial charge < -0.3 is 9.67 Å². The molecule has 1 aromatic carbocycles. The lowest BCUT2D eigenvalue weighted by atomic mass is 9.89. The minimum atomic E-state index is -4.81. The monoisotopic (exact) mass is 317 g/mol. The van der Waals surface area contributed by atoms with Crippen molar-refractivity contribution in [3.8, 4) is 5.69 Å². The van der Waals surface area contributed by atoms with Crippen LogP contribution >= 0.6 is 0 Å². The van der Waals surface area contributed by atoms with Crippen molar-refractivity contribution in [3.05, 3.63) is 53.3 Å². The summed E-state index contributed by atoms with van der Waals surface area (Å²) in [6.45, 7) is 0. The first-order valence-corrected chi connectivity index (χ1v) is 6.64. The van der Waals surface area contributed by atoms with E-state index in [0.29, 0.717) is 5.69 Å². The van der Waals surface area contributed by atoms with Gasteiger partial charge in [-0.2, -0.15) is 13.2 Å². The zero-order chi connectivity index (χ0) is 16.1. The second-order valence-corrected chi connectivity index (χ2v) is 5.27. The minimum Gasteiger partial charge on any atom is -0.382 e. The minimum absolute atomic E-state index is 0.0805. The maximum atomic E-state index is 13.6. The van der Waals surface area contributed by atoms with Gasteiger partial charge in [-0.3, -0.25) is 0 Å². The van der Waals surface area contributed by atoms with Gasteiger partial charge in [0, 0.05) is 29.6 Å². The lowest BCUT2D eigenvalue weighted by molar-refractivity contribution is -0.147. The van der Waals surface area contributed by atoms with Crippen LogP contribution < -0.4 is 0 Å². The molecule has 0 bridgehead atoms. The molecule has 1 atom stereocenters. The van der Waals surface area contributed by atoms with Gasteiger partial charge in [0.2, 0.25) is 0 Å². The molecule has 22 heavy (non-hydrogen) atoms. The Kier molecular flexibility index (Phi) is 3.28. The van der Waals surface area contributed by atoms with Crippen molar-refractivity contribution < 1.29 is 27.1 Å². The SMILES string of the molecule is OC1c2c(C(F)(F)F)cn(-c3ccccc3)c2CCC1(F)F. The molecule has 0 aliphatic heterocycles. The number of benzene rings is 1. The number of aromatic nitrogens is 1. The average molecular weight is 317 g/mol. The first-order chi connectivity index (χ1) is 10.2. The van der Waals surface area contributed by atoms with Crippen LogP contribution in [-0.2, 0) is 12.6 Å². The summed E-state index contributed by atoms with van der Waals surface area (Å²) in [4.78, 5) is 0. The number of nitrogens with zero attached hydrogens (tertiary/aromatic N) is 1. The van der Waals surface area contributed by atoms with Gasteiger partial charge in [0.25, 0.3) is 5.92 Å². The van der Waals surface area contributed by atoms with Crippen LogP contribution in [0.1, 0.15) is 29.3 Å². The first-order valence-electron chi connectivity index (χ1n) is 6.64. The Morgan fingerprint density at radius 1 is 1.14 bits per heavy atom. The summed E-state index contributed by atoms with van der Waals surface area (Å²) in [6.07, 6.45) is -7.39. The fourth-order valence-electron chi connectivity index (χ4n) is 2.80. The molecule has 0 amide bonds. The molecule has 1 aromatic heterocycles. The van der Waals surface area contributed by atoms with Crippen LogP contribution in [0, 0.1) is 0 Å². The lowest BCUT2D eigenvalue weighted by Crippen LogP contribution is -2.33. The fraction of sp³-hybridized carbons (Fsp3) is 0.333. The van der Waals surface area contributed by atoms with E-state index in [1.54, 1.807) is 30.3 Å². The summed E-state index contributed by atoms with van der Waals surface area (Å²) in [5.74, 6) is -3.56. The largest absolute Gasteiger partial charge is 0.418 e. The Balaban J connectivity index is 2.25. The second-order valence-electron chi connectivity index (χ2n) is 5.27. The van der Waals surface area contributed by atoms with Gasteiger partial charge in [0.15, 0.2) is 0 Å². The molecule has 2 aromatic rings. The van der Waals surface area contributed by atoms with E-state index in [-0.39, 0.29) is 12.1 Å². The zero-order valence-corrected chi connectivity index (χ0v) is 11.2. The zero-order valence-electron chi connectivity index (χ0n) is 11.2. The topological polar surface area (TPSA) is 25.2 Å². The molecule has 0 radical (unpaired) electrons. The van der Waals surface area contributed by atoms with Gasteiger partial charge in [-0.15, -0.1) is 0 Å². The molecule has 118 valence electrons. The number of aliphatic hydroxyl groups excluding tert-OH is 1. The summed E-state index contributed by atoms with van der Waals surface area (Å²) in [5, 5.41) is 9.73. The van der Waals surface area contributed by atoms with Crippen molar-refractivity contribution in [1.29, 1.82) is 0 Å². The van der Waals surface area contributed by atoms with Gasteiger partial charge in [0.1, 0.15) is 6.10 Å². The predicted octanol–water partition coefficient (Wildman–Crippen LogP) is 4.11. The van der Waals surface area contributed by atoms with Crippen LogP contribution in [-0.4, -0.2) is 15.6 Å². The summed E-state index contributed by atoms with van der Waals surface area (Å²) in [7, 11) is 0. The van der Waals surface area contributed by atoms with Crippen LogP contribution in [0.2, 0.25) is 0 Å². The maximum Gasteiger partial charge on any atom is 0.418 e. The summed E-state index contributed by atoms with van der Waals surface area (Å²) in [6, 6.07) is 8.15. The Morgan fingerprint density at radius 3 is 2.36 bits per heavy atom. The third-order valence-electron chi connectivity index (χ3n) is 3.86. The van der Waals surface area contributed by atoms with Crippen molar-refractivity contribution in [3.63, 3.8) is 0 Å². The maximum absolute atomic E-state index is 13.6. The highest BCUT2D eigenvalue weighted by Crippen LogP contribution is 2.48. The summed E-state index contributed by atoms with van der Waals surface area (Å²) < 4.78 is 68.0. The number of fused-ring (bicyclic) bond motifs is 1. The number of hydrogen-bond donors (Lipinski definition) is 1. The molecular weight excluding hydrogens is 305 g/mol.